The molecule has 2 N–H and O–H groups in total. The molecule has 7 nitrogen and oxygen atoms in total. The van der Waals surface area contributed by atoms with Gasteiger partial charge in [0, 0.05) is 70.9 Å². The lowest BCUT2D eigenvalue weighted by Gasteiger charge is -2.38. The molecule has 0 unspecified atom stereocenters. The lowest BCUT2D eigenvalue weighted by Crippen LogP contribution is -2.51. The summed E-state index contributed by atoms with van der Waals surface area (Å²) in [7, 11) is 0. The van der Waals surface area contributed by atoms with Gasteiger partial charge in [0.25, 0.3) is 0 Å². The van der Waals surface area contributed by atoms with Crippen molar-refractivity contribution in [3.63, 3.8) is 0 Å². The van der Waals surface area contributed by atoms with Crippen molar-refractivity contribution in [2.24, 2.45) is 16.8 Å². The molecule has 3 aliphatic rings. The maximum atomic E-state index is 12.4. The molecule has 0 aromatic carbocycles. The Morgan fingerprint density at radius 1 is 1.00 bits per heavy atom. The molecular formula is C23H44N6O. The zero-order chi connectivity index (χ0) is 21.3. The van der Waals surface area contributed by atoms with Crippen LogP contribution in [0.25, 0.3) is 0 Å². The predicted molar refractivity (Wildman–Crippen MR) is 124 cm³/mol. The topological polar surface area (TPSA) is 63.2 Å². The van der Waals surface area contributed by atoms with Gasteiger partial charge < -0.3 is 20.4 Å². The maximum absolute atomic E-state index is 12.4. The Kier molecular flexibility index (Phi) is 9.25. The van der Waals surface area contributed by atoms with E-state index >= 15 is 0 Å². The fraction of sp³-hybridized carbons (Fsp3) is 0.913. The Bertz CT molecular complexity index is 546. The van der Waals surface area contributed by atoms with Crippen LogP contribution < -0.4 is 10.6 Å². The summed E-state index contributed by atoms with van der Waals surface area (Å²) in [4.78, 5) is 24.3. The SMILES string of the molecule is CCNC(=NCCN1CCN(C(=O)C2CCC2)CC1)NC1CCN(CC(C)C)CC1. The van der Waals surface area contributed by atoms with Gasteiger partial charge in [0.05, 0.1) is 6.54 Å². The summed E-state index contributed by atoms with van der Waals surface area (Å²) < 4.78 is 0. The van der Waals surface area contributed by atoms with E-state index in [0.717, 1.165) is 70.5 Å². The van der Waals surface area contributed by atoms with Crippen LogP contribution in [-0.2, 0) is 4.79 Å². The third-order valence-electron chi connectivity index (χ3n) is 6.72. The molecule has 0 spiro atoms. The Balaban J connectivity index is 1.35. The van der Waals surface area contributed by atoms with Crippen molar-refractivity contribution in [3.8, 4) is 0 Å². The first kappa shape index (κ1) is 23.3. The number of nitrogens with zero attached hydrogens (tertiary/aromatic N) is 4. The summed E-state index contributed by atoms with van der Waals surface area (Å²) >= 11 is 0. The van der Waals surface area contributed by atoms with Gasteiger partial charge in [-0.15, -0.1) is 0 Å². The van der Waals surface area contributed by atoms with E-state index in [-0.39, 0.29) is 0 Å². The van der Waals surface area contributed by atoms with Gasteiger partial charge >= 0.3 is 0 Å². The minimum atomic E-state index is 0.326. The van der Waals surface area contributed by atoms with E-state index in [0.29, 0.717) is 17.9 Å². The molecule has 0 radical (unpaired) electrons. The number of aliphatic imine (C=N–C) groups is 1. The van der Waals surface area contributed by atoms with Gasteiger partial charge in [-0.3, -0.25) is 14.7 Å². The van der Waals surface area contributed by atoms with Gasteiger partial charge in [-0.25, -0.2) is 0 Å². The molecule has 0 atom stereocenters. The molecule has 0 aromatic heterocycles. The molecule has 1 aliphatic carbocycles. The minimum absolute atomic E-state index is 0.326. The molecule has 2 aliphatic heterocycles. The number of piperidine rings is 1. The average molecular weight is 421 g/mol. The number of likely N-dealkylation sites (tertiary alicyclic amines) is 1. The molecule has 7 heteroatoms. The Labute approximate surface area is 183 Å². The van der Waals surface area contributed by atoms with Crippen LogP contribution in [0.2, 0.25) is 0 Å². The monoisotopic (exact) mass is 420 g/mol. The summed E-state index contributed by atoms with van der Waals surface area (Å²) in [6, 6.07) is 0.521. The second kappa shape index (κ2) is 11.9. The molecule has 30 heavy (non-hydrogen) atoms. The highest BCUT2D eigenvalue weighted by Crippen LogP contribution is 2.28. The lowest BCUT2D eigenvalue weighted by atomic mass is 9.84. The van der Waals surface area contributed by atoms with E-state index in [1.807, 2.05) is 0 Å². The van der Waals surface area contributed by atoms with Gasteiger partial charge in [-0.05, 0) is 38.5 Å². The van der Waals surface area contributed by atoms with E-state index in [1.165, 1.54) is 38.9 Å². The van der Waals surface area contributed by atoms with Crippen molar-refractivity contribution in [3.05, 3.63) is 0 Å². The van der Waals surface area contributed by atoms with E-state index in [9.17, 15) is 4.79 Å². The molecule has 0 aromatic rings. The Morgan fingerprint density at radius 2 is 1.70 bits per heavy atom. The standard InChI is InChI=1S/C23H44N6O/c1-4-24-23(26-21-8-11-28(12-9-21)18-19(2)3)25-10-13-27-14-16-29(17-15-27)22(30)20-6-5-7-20/h19-21H,4-18H2,1-3H3,(H2,24,25,26). The molecule has 3 rings (SSSR count). The second-order valence-electron chi connectivity index (χ2n) is 9.67. The van der Waals surface area contributed by atoms with Crippen LogP contribution in [0.15, 0.2) is 4.99 Å². The molecule has 172 valence electrons. The van der Waals surface area contributed by atoms with Crippen molar-refractivity contribution in [2.45, 2.75) is 58.9 Å². The highest BCUT2D eigenvalue weighted by atomic mass is 16.2. The molecule has 1 saturated carbocycles. The third-order valence-corrected chi connectivity index (χ3v) is 6.72. The lowest BCUT2D eigenvalue weighted by molar-refractivity contribution is -0.139. The summed E-state index contributed by atoms with van der Waals surface area (Å²) in [6.07, 6.45) is 5.81. The number of hydrogen-bond donors (Lipinski definition) is 2. The summed E-state index contributed by atoms with van der Waals surface area (Å²) in [5, 5.41) is 7.07. The number of nitrogens with one attached hydrogen (secondary N) is 2. The van der Waals surface area contributed by atoms with Gasteiger partial charge in [-0.1, -0.05) is 20.3 Å². The molecule has 2 heterocycles. The van der Waals surface area contributed by atoms with Gasteiger partial charge in [0.15, 0.2) is 5.96 Å². The van der Waals surface area contributed by atoms with Gasteiger partial charge in [-0.2, -0.15) is 0 Å². The summed E-state index contributed by atoms with van der Waals surface area (Å²) in [6.45, 7) is 16.7. The van der Waals surface area contributed by atoms with Crippen LogP contribution in [0.1, 0.15) is 52.9 Å². The zero-order valence-corrected chi connectivity index (χ0v) is 19.5. The fourth-order valence-electron chi connectivity index (χ4n) is 4.70. The van der Waals surface area contributed by atoms with Crippen LogP contribution >= 0.6 is 0 Å². The first-order chi connectivity index (χ1) is 14.5. The van der Waals surface area contributed by atoms with Crippen molar-refractivity contribution >= 4 is 11.9 Å². The number of amides is 1. The van der Waals surface area contributed by atoms with Gasteiger partial charge in [0.1, 0.15) is 0 Å². The average Bonchev–Trinajstić information content (AvgIpc) is 2.68. The number of carbonyl (C=O) groups excluding carboxylic acids is 1. The highest BCUT2D eigenvalue weighted by molar-refractivity contribution is 5.80. The number of hydrogen-bond acceptors (Lipinski definition) is 4. The van der Waals surface area contributed by atoms with Crippen molar-refractivity contribution in [1.82, 2.24) is 25.3 Å². The van der Waals surface area contributed by atoms with Crippen molar-refractivity contribution in [1.29, 1.82) is 0 Å². The van der Waals surface area contributed by atoms with E-state index in [4.69, 9.17) is 4.99 Å². The Hall–Kier alpha value is -1.34. The predicted octanol–water partition coefficient (Wildman–Crippen LogP) is 1.61. The number of guanidine groups is 1. The normalized spacial score (nSPS) is 22.9. The van der Waals surface area contributed by atoms with Crippen LogP contribution in [0, 0.1) is 11.8 Å². The number of rotatable bonds is 8. The first-order valence-electron chi connectivity index (χ1n) is 12.3. The number of piperazine rings is 1. The number of carbonyl (C=O) groups is 1. The zero-order valence-electron chi connectivity index (χ0n) is 19.5. The van der Waals surface area contributed by atoms with Crippen molar-refractivity contribution < 1.29 is 4.79 Å². The smallest absolute Gasteiger partial charge is 0.225 e. The summed E-state index contributed by atoms with van der Waals surface area (Å²) in [5.74, 6) is 2.43. The van der Waals surface area contributed by atoms with Crippen LogP contribution in [0.5, 0.6) is 0 Å². The third kappa shape index (κ3) is 7.12. The minimum Gasteiger partial charge on any atom is -0.357 e. The highest BCUT2D eigenvalue weighted by Gasteiger charge is 2.31. The molecule has 0 bridgehead atoms. The van der Waals surface area contributed by atoms with E-state index in [2.05, 4.69) is 46.1 Å². The largest absolute Gasteiger partial charge is 0.357 e. The maximum Gasteiger partial charge on any atom is 0.225 e. The van der Waals surface area contributed by atoms with Crippen LogP contribution in [-0.4, -0.2) is 98.1 Å². The van der Waals surface area contributed by atoms with Crippen molar-refractivity contribution in [2.75, 3.05) is 65.4 Å². The molecule has 1 amide bonds. The Morgan fingerprint density at radius 3 is 2.27 bits per heavy atom. The first-order valence-corrected chi connectivity index (χ1v) is 12.3. The quantitative estimate of drug-likeness (QED) is 0.461. The van der Waals surface area contributed by atoms with E-state index in [1.54, 1.807) is 0 Å². The second-order valence-corrected chi connectivity index (χ2v) is 9.67. The fourth-order valence-corrected chi connectivity index (χ4v) is 4.70. The van der Waals surface area contributed by atoms with Crippen LogP contribution in [0.4, 0.5) is 0 Å². The summed E-state index contributed by atoms with van der Waals surface area (Å²) in [5.41, 5.74) is 0. The molecule has 2 saturated heterocycles. The molecular weight excluding hydrogens is 376 g/mol. The molecule has 3 fully saturated rings. The van der Waals surface area contributed by atoms with Gasteiger partial charge in [0.2, 0.25) is 5.91 Å². The van der Waals surface area contributed by atoms with E-state index < -0.39 is 0 Å². The van der Waals surface area contributed by atoms with Crippen LogP contribution in [0.3, 0.4) is 0 Å².